The minimum Gasteiger partial charge on any atom is -0.354 e. The van der Waals surface area contributed by atoms with Gasteiger partial charge in [0.05, 0.1) is 25.5 Å². The number of aromatic amines is 1. The van der Waals surface area contributed by atoms with Crippen LogP contribution in [-0.4, -0.2) is 25.4 Å². The minimum atomic E-state index is 0.760. The fourth-order valence-electron chi connectivity index (χ4n) is 2.90. The highest BCUT2D eigenvalue weighted by Gasteiger charge is 2.20. The van der Waals surface area contributed by atoms with Gasteiger partial charge in [-0.2, -0.15) is 0 Å². The van der Waals surface area contributed by atoms with Crippen LogP contribution < -0.4 is 4.90 Å². The van der Waals surface area contributed by atoms with Crippen molar-refractivity contribution >= 4 is 6.29 Å². The Balaban J connectivity index is 2.23. The Hall–Kier alpha value is -2.65. The van der Waals surface area contributed by atoms with Crippen molar-refractivity contribution in [3.8, 4) is 22.5 Å². The topological polar surface area (TPSA) is 37.3 Å². The molecule has 0 aliphatic heterocycles. The number of hydrogen-bond donors (Lipinski definition) is 2. The number of aromatic nitrogens is 1. The van der Waals surface area contributed by atoms with Gasteiger partial charge in [-0.05, 0) is 11.1 Å². The maximum atomic E-state index is 11.8. The number of hydrogen-bond acceptors (Lipinski definition) is 1. The maximum absolute atomic E-state index is 11.8. The molecule has 3 rings (SSSR count). The fraction of sp³-hybridized carbons (Fsp3) is 0.150. The van der Waals surface area contributed by atoms with Crippen LogP contribution in [0.25, 0.3) is 22.5 Å². The normalized spacial score (nSPS) is 10.9. The number of benzene rings is 2. The number of H-pyrrole nitrogens is 1. The van der Waals surface area contributed by atoms with Gasteiger partial charge < -0.3 is 9.88 Å². The second-order valence-electron chi connectivity index (χ2n) is 6.00. The summed E-state index contributed by atoms with van der Waals surface area (Å²) in [5.41, 5.74) is 5.91. The SMILES string of the molecule is C[NH+](C)Cc1c(-c2ccccc2)[nH]c(-c2ccccc2)c1C=O. The Bertz CT molecular complexity index is 789. The van der Waals surface area contributed by atoms with Gasteiger partial charge >= 0.3 is 0 Å². The standard InChI is InChI=1S/C20H20N2O/c1-22(2)13-17-18(14-23)20(16-11-7-4-8-12-16)21-19(17)15-9-5-3-6-10-15/h3-12,14,21H,13H2,1-2H3/p+1. The van der Waals surface area contributed by atoms with Crippen LogP contribution in [0.15, 0.2) is 60.7 Å². The lowest BCUT2D eigenvalue weighted by molar-refractivity contribution is -0.872. The van der Waals surface area contributed by atoms with Crippen LogP contribution in [-0.2, 0) is 6.54 Å². The van der Waals surface area contributed by atoms with Gasteiger partial charge in [-0.15, -0.1) is 0 Å². The van der Waals surface area contributed by atoms with Crippen LogP contribution in [0.4, 0.5) is 0 Å². The van der Waals surface area contributed by atoms with Crippen molar-refractivity contribution < 1.29 is 9.69 Å². The van der Waals surface area contributed by atoms with Gasteiger partial charge in [0.15, 0.2) is 6.29 Å². The summed E-state index contributed by atoms with van der Waals surface area (Å²) >= 11 is 0. The largest absolute Gasteiger partial charge is 0.354 e. The zero-order chi connectivity index (χ0) is 16.2. The summed E-state index contributed by atoms with van der Waals surface area (Å²) in [6.45, 7) is 0.793. The molecular formula is C20H21N2O+. The number of rotatable bonds is 5. The third kappa shape index (κ3) is 3.10. The Kier molecular flexibility index (Phi) is 4.40. The van der Waals surface area contributed by atoms with Crippen molar-refractivity contribution in [1.82, 2.24) is 4.98 Å². The Morgan fingerprint density at radius 3 is 1.87 bits per heavy atom. The van der Waals surface area contributed by atoms with Crippen molar-refractivity contribution in [2.45, 2.75) is 6.54 Å². The molecule has 0 bridgehead atoms. The van der Waals surface area contributed by atoms with Crippen molar-refractivity contribution in [1.29, 1.82) is 0 Å². The molecular weight excluding hydrogens is 284 g/mol. The van der Waals surface area contributed by atoms with Gasteiger partial charge in [-0.3, -0.25) is 4.79 Å². The molecule has 3 heteroatoms. The van der Waals surface area contributed by atoms with E-state index < -0.39 is 0 Å². The average Bonchev–Trinajstić information content (AvgIpc) is 2.94. The highest BCUT2D eigenvalue weighted by Crippen LogP contribution is 2.32. The van der Waals surface area contributed by atoms with E-state index in [-0.39, 0.29) is 0 Å². The first-order valence-electron chi connectivity index (χ1n) is 7.80. The summed E-state index contributed by atoms with van der Waals surface area (Å²) in [7, 11) is 4.19. The number of quaternary nitrogens is 1. The quantitative estimate of drug-likeness (QED) is 0.699. The summed E-state index contributed by atoms with van der Waals surface area (Å²) in [5.74, 6) is 0. The van der Waals surface area contributed by atoms with E-state index in [2.05, 4.69) is 31.2 Å². The van der Waals surface area contributed by atoms with E-state index in [0.717, 1.165) is 46.5 Å². The second-order valence-corrected chi connectivity index (χ2v) is 6.00. The van der Waals surface area contributed by atoms with Gasteiger partial charge in [-0.25, -0.2) is 0 Å². The number of carbonyl (C=O) groups is 1. The summed E-state index contributed by atoms with van der Waals surface area (Å²) in [6.07, 6.45) is 0.976. The molecule has 3 aromatic rings. The van der Waals surface area contributed by atoms with Crippen LogP contribution in [0.1, 0.15) is 15.9 Å². The molecule has 1 heterocycles. The number of nitrogens with one attached hydrogen (secondary N) is 2. The lowest BCUT2D eigenvalue weighted by Crippen LogP contribution is -3.04. The Labute approximate surface area is 136 Å². The van der Waals surface area contributed by atoms with Crippen molar-refractivity contribution in [2.75, 3.05) is 14.1 Å². The van der Waals surface area contributed by atoms with E-state index in [9.17, 15) is 4.79 Å². The van der Waals surface area contributed by atoms with E-state index in [1.54, 1.807) is 0 Å². The Morgan fingerprint density at radius 1 is 0.870 bits per heavy atom. The van der Waals surface area contributed by atoms with Crippen LogP contribution in [0.5, 0.6) is 0 Å². The first kappa shape index (κ1) is 15.3. The third-order valence-electron chi connectivity index (χ3n) is 3.92. The fourth-order valence-corrected chi connectivity index (χ4v) is 2.90. The van der Waals surface area contributed by atoms with Crippen LogP contribution in [0.2, 0.25) is 0 Å². The molecule has 0 spiro atoms. The summed E-state index contributed by atoms with van der Waals surface area (Å²) < 4.78 is 0. The predicted octanol–water partition coefficient (Wildman–Crippen LogP) is 2.81. The highest BCUT2D eigenvalue weighted by molar-refractivity contribution is 5.92. The zero-order valence-corrected chi connectivity index (χ0v) is 13.5. The van der Waals surface area contributed by atoms with Gasteiger partial charge in [0.25, 0.3) is 0 Å². The smallest absolute Gasteiger partial charge is 0.152 e. The average molecular weight is 305 g/mol. The molecule has 1 aromatic heterocycles. The van der Waals surface area contributed by atoms with Gasteiger partial charge in [-0.1, -0.05) is 60.7 Å². The van der Waals surface area contributed by atoms with Crippen LogP contribution >= 0.6 is 0 Å². The number of aldehydes is 1. The van der Waals surface area contributed by atoms with Crippen molar-refractivity contribution in [3.63, 3.8) is 0 Å². The predicted molar refractivity (Wildman–Crippen MR) is 93.6 cm³/mol. The third-order valence-corrected chi connectivity index (χ3v) is 3.92. The first-order valence-corrected chi connectivity index (χ1v) is 7.80. The molecule has 0 radical (unpaired) electrons. The maximum Gasteiger partial charge on any atom is 0.152 e. The molecule has 0 aliphatic carbocycles. The van der Waals surface area contributed by atoms with E-state index in [1.165, 1.54) is 4.90 Å². The summed E-state index contributed by atoms with van der Waals surface area (Å²) in [6, 6.07) is 20.2. The molecule has 116 valence electrons. The molecule has 2 N–H and O–H groups in total. The lowest BCUT2D eigenvalue weighted by atomic mass is 10.0. The monoisotopic (exact) mass is 305 g/mol. The van der Waals surface area contributed by atoms with Gasteiger partial charge in [0, 0.05) is 11.1 Å². The van der Waals surface area contributed by atoms with E-state index in [1.807, 2.05) is 48.5 Å². The molecule has 0 atom stereocenters. The van der Waals surface area contributed by atoms with Crippen LogP contribution in [0, 0.1) is 0 Å². The van der Waals surface area contributed by atoms with Gasteiger partial charge in [0.2, 0.25) is 0 Å². The van der Waals surface area contributed by atoms with E-state index >= 15 is 0 Å². The van der Waals surface area contributed by atoms with Crippen LogP contribution in [0.3, 0.4) is 0 Å². The summed E-state index contributed by atoms with van der Waals surface area (Å²) in [4.78, 5) is 16.6. The second kappa shape index (κ2) is 6.63. The molecule has 0 saturated heterocycles. The lowest BCUT2D eigenvalue weighted by Gasteiger charge is -2.09. The molecule has 0 saturated carbocycles. The van der Waals surface area contributed by atoms with Gasteiger partial charge in [0.1, 0.15) is 6.54 Å². The molecule has 3 nitrogen and oxygen atoms in total. The first-order chi connectivity index (χ1) is 11.2. The molecule has 0 unspecified atom stereocenters. The zero-order valence-electron chi connectivity index (χ0n) is 13.5. The Morgan fingerprint density at radius 2 is 1.39 bits per heavy atom. The molecule has 0 aliphatic rings. The van der Waals surface area contributed by atoms with E-state index in [4.69, 9.17) is 0 Å². The molecule has 2 aromatic carbocycles. The van der Waals surface area contributed by atoms with Crippen molar-refractivity contribution in [2.24, 2.45) is 0 Å². The van der Waals surface area contributed by atoms with Crippen molar-refractivity contribution in [3.05, 3.63) is 71.8 Å². The minimum absolute atomic E-state index is 0.760. The molecule has 0 fully saturated rings. The number of carbonyl (C=O) groups excluding carboxylic acids is 1. The highest BCUT2D eigenvalue weighted by atomic mass is 16.1. The summed E-state index contributed by atoms with van der Waals surface area (Å²) in [5, 5.41) is 0. The van der Waals surface area contributed by atoms with E-state index in [0.29, 0.717) is 0 Å². The molecule has 0 amide bonds. The molecule has 23 heavy (non-hydrogen) atoms.